The maximum atomic E-state index is 11.6. The van der Waals surface area contributed by atoms with Crippen molar-refractivity contribution in [3.05, 3.63) is 23.8 Å². The third kappa shape index (κ3) is 4.71. The first-order chi connectivity index (χ1) is 8.50. The van der Waals surface area contributed by atoms with Crippen LogP contribution >= 0.6 is 0 Å². The van der Waals surface area contributed by atoms with Crippen LogP contribution in [0.25, 0.3) is 0 Å². The Morgan fingerprint density at radius 1 is 1.50 bits per heavy atom. The molecule has 1 rings (SSSR count). The largest absolute Gasteiger partial charge is 0.478 e. The first-order valence-electron chi connectivity index (χ1n) is 5.91. The van der Waals surface area contributed by atoms with Gasteiger partial charge in [-0.25, -0.2) is 9.59 Å². The second-order valence-corrected chi connectivity index (χ2v) is 4.20. The molecule has 100 valence electrons. The van der Waals surface area contributed by atoms with Crippen molar-refractivity contribution in [1.82, 2.24) is 0 Å². The van der Waals surface area contributed by atoms with Gasteiger partial charge in [-0.2, -0.15) is 0 Å². The summed E-state index contributed by atoms with van der Waals surface area (Å²) in [5, 5.41) is 8.66. The molecule has 18 heavy (non-hydrogen) atoms. The van der Waals surface area contributed by atoms with Gasteiger partial charge in [0.05, 0.1) is 6.61 Å². The average molecular weight is 254 g/mol. The Hall–Kier alpha value is -1.62. The van der Waals surface area contributed by atoms with Crippen LogP contribution in [0.2, 0.25) is 0 Å². The molecule has 1 aliphatic rings. The first-order valence-corrected chi connectivity index (χ1v) is 5.91. The van der Waals surface area contributed by atoms with E-state index >= 15 is 0 Å². The summed E-state index contributed by atoms with van der Waals surface area (Å²) >= 11 is 0. The summed E-state index contributed by atoms with van der Waals surface area (Å²) in [7, 11) is 0. The number of carbonyl (C=O) groups excluding carboxylic acids is 1. The fraction of sp³-hybridized carbons (Fsp3) is 0.538. The minimum Gasteiger partial charge on any atom is -0.478 e. The number of carbonyl (C=O) groups is 2. The van der Waals surface area contributed by atoms with Crippen molar-refractivity contribution >= 4 is 11.9 Å². The Morgan fingerprint density at radius 3 is 2.78 bits per heavy atom. The Labute approximate surface area is 106 Å². The van der Waals surface area contributed by atoms with Crippen LogP contribution in [0.1, 0.15) is 32.6 Å². The van der Waals surface area contributed by atoms with Crippen LogP contribution < -0.4 is 0 Å². The highest BCUT2D eigenvalue weighted by Crippen LogP contribution is 2.16. The predicted octanol–water partition coefficient (Wildman–Crippen LogP) is 2.03. The van der Waals surface area contributed by atoms with E-state index in [1.165, 1.54) is 13.0 Å². The third-order valence-corrected chi connectivity index (χ3v) is 2.66. The molecule has 0 radical (unpaired) electrons. The number of ether oxygens (including phenoxy) is 2. The number of hydrogen-bond acceptors (Lipinski definition) is 4. The summed E-state index contributed by atoms with van der Waals surface area (Å²) in [5.41, 5.74) is 0.405. The number of aliphatic carboxylic acids is 1. The molecule has 0 aromatic carbocycles. The topological polar surface area (TPSA) is 72.8 Å². The van der Waals surface area contributed by atoms with Crippen molar-refractivity contribution in [2.24, 2.45) is 0 Å². The number of esters is 1. The molecule has 1 heterocycles. The van der Waals surface area contributed by atoms with E-state index in [1.54, 1.807) is 0 Å². The zero-order valence-corrected chi connectivity index (χ0v) is 10.5. The van der Waals surface area contributed by atoms with E-state index in [2.05, 4.69) is 6.58 Å². The standard InChI is InChI=1S/C13H18O5/c1-9(12(14)15)6-7-10(2)13(16)18-11-5-3-4-8-17-11/h6,11H,2-5,7-8H2,1H3,(H,14,15). The van der Waals surface area contributed by atoms with Crippen molar-refractivity contribution in [3.63, 3.8) is 0 Å². The van der Waals surface area contributed by atoms with Gasteiger partial charge in [0.25, 0.3) is 0 Å². The van der Waals surface area contributed by atoms with Crippen LogP contribution in [0.15, 0.2) is 23.8 Å². The zero-order chi connectivity index (χ0) is 13.5. The number of carboxylic acids is 1. The maximum Gasteiger partial charge on any atom is 0.336 e. The fourth-order valence-electron chi connectivity index (χ4n) is 1.45. The van der Waals surface area contributed by atoms with Crippen LogP contribution in [-0.2, 0) is 19.1 Å². The molecule has 0 bridgehead atoms. The molecule has 1 saturated heterocycles. The van der Waals surface area contributed by atoms with Gasteiger partial charge in [-0.1, -0.05) is 12.7 Å². The molecule has 1 fully saturated rings. The highest BCUT2D eigenvalue weighted by atomic mass is 16.7. The maximum absolute atomic E-state index is 11.6. The molecule has 1 N–H and O–H groups in total. The second-order valence-electron chi connectivity index (χ2n) is 4.20. The van der Waals surface area contributed by atoms with E-state index in [9.17, 15) is 9.59 Å². The lowest BCUT2D eigenvalue weighted by molar-refractivity contribution is -0.182. The summed E-state index contributed by atoms with van der Waals surface area (Å²) in [4.78, 5) is 22.2. The third-order valence-electron chi connectivity index (χ3n) is 2.66. The van der Waals surface area contributed by atoms with Gasteiger partial charge < -0.3 is 14.6 Å². The van der Waals surface area contributed by atoms with E-state index in [-0.39, 0.29) is 17.6 Å². The molecule has 1 aliphatic heterocycles. The van der Waals surface area contributed by atoms with Gasteiger partial charge in [0.1, 0.15) is 0 Å². The second kappa shape index (κ2) is 6.96. The molecular formula is C13H18O5. The first kappa shape index (κ1) is 14.4. The molecule has 0 aliphatic carbocycles. The average Bonchev–Trinajstić information content (AvgIpc) is 2.36. The smallest absolute Gasteiger partial charge is 0.336 e. The van der Waals surface area contributed by atoms with Crippen LogP contribution in [0, 0.1) is 0 Å². The number of carboxylic acid groups (broad SMARTS) is 1. The van der Waals surface area contributed by atoms with E-state index in [0.29, 0.717) is 13.0 Å². The van der Waals surface area contributed by atoms with Gasteiger partial charge in [-0.3, -0.25) is 0 Å². The van der Waals surface area contributed by atoms with Gasteiger partial charge in [0, 0.05) is 17.6 Å². The summed E-state index contributed by atoms with van der Waals surface area (Å²) in [6.45, 7) is 5.65. The number of rotatable bonds is 5. The summed E-state index contributed by atoms with van der Waals surface area (Å²) in [5.74, 6) is -1.54. The van der Waals surface area contributed by atoms with Gasteiger partial charge in [0.15, 0.2) is 0 Å². The Morgan fingerprint density at radius 2 is 2.22 bits per heavy atom. The molecular weight excluding hydrogens is 236 g/mol. The lowest BCUT2D eigenvalue weighted by Gasteiger charge is -2.22. The summed E-state index contributed by atoms with van der Waals surface area (Å²) in [6, 6.07) is 0. The van der Waals surface area contributed by atoms with Crippen molar-refractivity contribution in [2.45, 2.75) is 38.9 Å². The number of hydrogen-bond donors (Lipinski definition) is 1. The molecule has 5 nitrogen and oxygen atoms in total. The zero-order valence-electron chi connectivity index (χ0n) is 10.5. The van der Waals surface area contributed by atoms with E-state index in [0.717, 1.165) is 12.8 Å². The lowest BCUT2D eigenvalue weighted by Crippen LogP contribution is -2.25. The molecule has 1 atom stereocenters. The van der Waals surface area contributed by atoms with Crippen molar-refractivity contribution in [2.75, 3.05) is 6.61 Å². The quantitative estimate of drug-likeness (QED) is 0.600. The molecule has 0 saturated carbocycles. The van der Waals surface area contributed by atoms with Gasteiger partial charge in [-0.05, 0) is 26.2 Å². The predicted molar refractivity (Wildman–Crippen MR) is 64.8 cm³/mol. The molecule has 5 heteroatoms. The van der Waals surface area contributed by atoms with Crippen molar-refractivity contribution < 1.29 is 24.2 Å². The van der Waals surface area contributed by atoms with E-state index in [4.69, 9.17) is 14.6 Å². The van der Waals surface area contributed by atoms with E-state index in [1.807, 2.05) is 0 Å². The minimum absolute atomic E-state index is 0.170. The number of allylic oxidation sites excluding steroid dienone is 1. The van der Waals surface area contributed by atoms with Crippen molar-refractivity contribution in [1.29, 1.82) is 0 Å². The molecule has 0 spiro atoms. The highest BCUT2D eigenvalue weighted by Gasteiger charge is 2.19. The van der Waals surface area contributed by atoms with Crippen LogP contribution in [0.5, 0.6) is 0 Å². The van der Waals surface area contributed by atoms with E-state index < -0.39 is 18.2 Å². The van der Waals surface area contributed by atoms with Crippen LogP contribution in [-0.4, -0.2) is 29.9 Å². The monoisotopic (exact) mass is 254 g/mol. The van der Waals surface area contributed by atoms with Gasteiger partial charge in [0.2, 0.25) is 6.29 Å². The fourth-order valence-corrected chi connectivity index (χ4v) is 1.45. The Balaban J connectivity index is 2.39. The lowest BCUT2D eigenvalue weighted by atomic mass is 10.1. The SMILES string of the molecule is C=C(CC=C(C)C(=O)O)C(=O)OC1CCCCO1. The Kier molecular flexibility index (Phi) is 5.58. The summed E-state index contributed by atoms with van der Waals surface area (Å²) < 4.78 is 10.4. The minimum atomic E-state index is -1.01. The molecule has 0 aromatic heterocycles. The van der Waals surface area contributed by atoms with Gasteiger partial charge in [-0.15, -0.1) is 0 Å². The highest BCUT2D eigenvalue weighted by molar-refractivity contribution is 5.89. The van der Waals surface area contributed by atoms with Crippen LogP contribution in [0.3, 0.4) is 0 Å². The normalized spacial score (nSPS) is 20.3. The summed E-state index contributed by atoms with van der Waals surface area (Å²) in [6.07, 6.45) is 3.77. The van der Waals surface area contributed by atoms with Gasteiger partial charge >= 0.3 is 11.9 Å². The molecule has 0 aromatic rings. The van der Waals surface area contributed by atoms with Crippen LogP contribution in [0.4, 0.5) is 0 Å². The molecule has 0 amide bonds. The van der Waals surface area contributed by atoms with Crippen molar-refractivity contribution in [3.8, 4) is 0 Å². The Bertz CT molecular complexity index is 364. The molecule has 1 unspecified atom stereocenters.